The van der Waals surface area contributed by atoms with Gasteiger partial charge < -0.3 is 10.5 Å². The quantitative estimate of drug-likeness (QED) is 0.391. The summed E-state index contributed by atoms with van der Waals surface area (Å²) < 4.78 is 0. The van der Waals surface area contributed by atoms with Gasteiger partial charge in [-0.2, -0.15) is 0 Å². The fraction of sp³-hybridized carbons (Fsp3) is 1.00. The maximum Gasteiger partial charge on any atom is 0.174 e. The normalized spacial score (nSPS) is 6.83. The Bertz CT molecular complexity index is 13.5. The monoisotopic (exact) mass is 86.1 g/mol. The second kappa shape index (κ2) is 8.88. The molecular formula is C3H11BN2. The van der Waals surface area contributed by atoms with Crippen LogP contribution in [0.2, 0.25) is 0 Å². The molecule has 2 N–H and O–H groups in total. The van der Waals surface area contributed by atoms with Crippen LogP contribution in [0.4, 0.5) is 0 Å². The van der Waals surface area contributed by atoms with Gasteiger partial charge in [-0.05, 0) is 21.1 Å². The Morgan fingerprint density at radius 3 is 1.17 bits per heavy atom. The van der Waals surface area contributed by atoms with E-state index >= 15 is 0 Å². The van der Waals surface area contributed by atoms with E-state index in [2.05, 4.69) is 13.6 Å². The van der Waals surface area contributed by atoms with E-state index in [0.29, 0.717) is 0 Å². The molecule has 0 aromatic heterocycles. The fourth-order valence-electron chi connectivity index (χ4n) is 0. The molecule has 36 valence electrons. The van der Waals surface area contributed by atoms with Crippen LogP contribution in [0.25, 0.3) is 0 Å². The summed E-state index contributed by atoms with van der Waals surface area (Å²) in [4.78, 5) is 2.00. The number of nitrogens with zero attached hydrogens (tertiary/aromatic N) is 1. The molecule has 0 spiro atoms. The van der Waals surface area contributed by atoms with Gasteiger partial charge in [0.1, 0.15) is 0 Å². The van der Waals surface area contributed by atoms with Gasteiger partial charge in [-0.25, -0.2) is 0 Å². The zero-order valence-corrected chi connectivity index (χ0v) is 4.60. The second-order valence-electron chi connectivity index (χ2n) is 1.34. The van der Waals surface area contributed by atoms with Gasteiger partial charge in [-0.15, -0.1) is 0 Å². The first-order valence-electron chi connectivity index (χ1n) is 1.67. The van der Waals surface area contributed by atoms with Crippen molar-refractivity contribution in [3.8, 4) is 0 Å². The molecule has 0 amide bonds. The van der Waals surface area contributed by atoms with Gasteiger partial charge in [0, 0.05) is 0 Å². The second-order valence-corrected chi connectivity index (χ2v) is 1.34. The van der Waals surface area contributed by atoms with Crippen molar-refractivity contribution in [3.05, 3.63) is 0 Å². The first-order chi connectivity index (χ1) is 2.73. The van der Waals surface area contributed by atoms with E-state index in [-0.39, 0.29) is 0 Å². The zero-order chi connectivity index (χ0) is 5.58. The SMILES string of the molecule is CN(C)C.[B]N. The molecule has 0 bridgehead atoms. The molecule has 0 fully saturated rings. The minimum atomic E-state index is 2.00. The summed E-state index contributed by atoms with van der Waals surface area (Å²) >= 11 is 0. The molecule has 0 unspecified atom stereocenters. The van der Waals surface area contributed by atoms with Gasteiger partial charge in [0.25, 0.3) is 0 Å². The predicted molar refractivity (Wildman–Crippen MR) is 29.6 cm³/mol. The molecule has 0 aromatic rings. The van der Waals surface area contributed by atoms with Crippen molar-refractivity contribution >= 4 is 7.98 Å². The van der Waals surface area contributed by atoms with Crippen molar-refractivity contribution in [1.29, 1.82) is 0 Å². The molecule has 0 saturated heterocycles. The van der Waals surface area contributed by atoms with Crippen molar-refractivity contribution in [1.82, 2.24) is 4.90 Å². The summed E-state index contributed by atoms with van der Waals surface area (Å²) in [6.45, 7) is 0. The van der Waals surface area contributed by atoms with Gasteiger partial charge in [-0.3, -0.25) is 0 Å². The summed E-state index contributed by atoms with van der Waals surface area (Å²) in [5, 5.41) is 0. The molecule has 0 aliphatic carbocycles. The summed E-state index contributed by atoms with van der Waals surface area (Å²) in [7, 11) is 10.0. The lowest BCUT2D eigenvalue weighted by Crippen LogP contribution is -1.99. The zero-order valence-electron chi connectivity index (χ0n) is 4.60. The van der Waals surface area contributed by atoms with Crippen LogP contribution in [0.5, 0.6) is 0 Å². The number of hydrogen-bond donors (Lipinski definition) is 1. The molecular weight excluding hydrogens is 74.9 g/mol. The summed E-state index contributed by atoms with van der Waals surface area (Å²) in [6.07, 6.45) is 0. The Labute approximate surface area is 40.7 Å². The van der Waals surface area contributed by atoms with E-state index in [0.717, 1.165) is 0 Å². The lowest BCUT2D eigenvalue weighted by Gasteiger charge is -1.90. The van der Waals surface area contributed by atoms with E-state index in [1.807, 2.05) is 26.0 Å². The van der Waals surface area contributed by atoms with E-state index in [1.54, 1.807) is 0 Å². The van der Waals surface area contributed by atoms with Crippen LogP contribution in [-0.2, 0) is 0 Å². The number of hydrogen-bond acceptors (Lipinski definition) is 2. The Morgan fingerprint density at radius 1 is 1.17 bits per heavy atom. The Kier molecular flexibility index (Phi) is 13.9. The molecule has 0 heterocycles. The Morgan fingerprint density at radius 2 is 1.17 bits per heavy atom. The Hall–Kier alpha value is -0.0151. The number of rotatable bonds is 0. The van der Waals surface area contributed by atoms with Gasteiger partial charge in [0.05, 0.1) is 0 Å². The van der Waals surface area contributed by atoms with Crippen molar-refractivity contribution in [3.63, 3.8) is 0 Å². The first kappa shape index (κ1) is 9.37. The lowest BCUT2D eigenvalue weighted by atomic mass is 10.5. The highest BCUT2D eigenvalue weighted by atomic mass is 15.0. The molecule has 2 radical (unpaired) electrons. The van der Waals surface area contributed by atoms with E-state index in [1.165, 1.54) is 0 Å². The topological polar surface area (TPSA) is 29.3 Å². The molecule has 0 aliphatic rings. The third-order valence-electron chi connectivity index (χ3n) is 0. The average molecular weight is 85.9 g/mol. The molecule has 6 heavy (non-hydrogen) atoms. The standard InChI is InChI=1S/C3H9N.BH2N/c1-4(2)3;1-2/h1-3H3;2H2. The van der Waals surface area contributed by atoms with Gasteiger partial charge in [0.2, 0.25) is 0 Å². The van der Waals surface area contributed by atoms with Crippen LogP contribution >= 0.6 is 0 Å². The smallest absolute Gasteiger partial charge is 0.174 e. The first-order valence-corrected chi connectivity index (χ1v) is 1.67. The molecule has 0 atom stereocenters. The minimum absolute atomic E-state index is 2.00. The molecule has 2 nitrogen and oxygen atoms in total. The van der Waals surface area contributed by atoms with E-state index in [9.17, 15) is 0 Å². The summed E-state index contributed by atoms with van der Waals surface area (Å²) in [5.41, 5.74) is 4.00. The Balaban J connectivity index is 0. The van der Waals surface area contributed by atoms with Gasteiger partial charge in [0.15, 0.2) is 7.98 Å². The maximum absolute atomic E-state index is 4.00. The third-order valence-corrected chi connectivity index (χ3v) is 0. The van der Waals surface area contributed by atoms with Crippen LogP contribution in [0.3, 0.4) is 0 Å². The minimum Gasteiger partial charge on any atom is -0.380 e. The van der Waals surface area contributed by atoms with E-state index < -0.39 is 0 Å². The molecule has 0 rings (SSSR count). The average Bonchev–Trinajstić information content (AvgIpc) is 1.41. The molecule has 0 aromatic carbocycles. The maximum atomic E-state index is 4.00. The van der Waals surface area contributed by atoms with Crippen molar-refractivity contribution in [2.75, 3.05) is 21.1 Å². The molecule has 0 aliphatic heterocycles. The highest BCUT2D eigenvalue weighted by Crippen LogP contribution is 1.47. The van der Waals surface area contributed by atoms with Crippen molar-refractivity contribution in [2.45, 2.75) is 0 Å². The largest absolute Gasteiger partial charge is 0.380 e. The molecule has 0 saturated carbocycles. The van der Waals surface area contributed by atoms with Gasteiger partial charge in [-0.1, -0.05) is 0 Å². The summed E-state index contributed by atoms with van der Waals surface area (Å²) in [5.74, 6) is 0. The van der Waals surface area contributed by atoms with Crippen LogP contribution in [-0.4, -0.2) is 34.0 Å². The lowest BCUT2D eigenvalue weighted by molar-refractivity contribution is 0.505. The fourth-order valence-corrected chi connectivity index (χ4v) is 0. The number of nitrogens with two attached hydrogens (primary N) is 1. The van der Waals surface area contributed by atoms with Crippen molar-refractivity contribution < 1.29 is 0 Å². The van der Waals surface area contributed by atoms with Gasteiger partial charge >= 0.3 is 0 Å². The summed E-state index contributed by atoms with van der Waals surface area (Å²) in [6, 6.07) is 0. The van der Waals surface area contributed by atoms with Crippen molar-refractivity contribution in [2.24, 2.45) is 5.64 Å². The van der Waals surface area contributed by atoms with Crippen LogP contribution in [0.15, 0.2) is 0 Å². The predicted octanol–water partition coefficient (Wildman–Crippen LogP) is -0.794. The third kappa shape index (κ3) is 156000. The highest BCUT2D eigenvalue weighted by Gasteiger charge is 1.58. The van der Waals surface area contributed by atoms with Crippen LogP contribution in [0.1, 0.15) is 0 Å². The molecule has 3 heteroatoms. The van der Waals surface area contributed by atoms with E-state index in [4.69, 9.17) is 0 Å². The highest BCUT2D eigenvalue weighted by molar-refractivity contribution is 6.02. The van der Waals surface area contributed by atoms with Crippen LogP contribution < -0.4 is 5.64 Å². The van der Waals surface area contributed by atoms with Crippen LogP contribution in [0, 0.1) is 0 Å².